The minimum absolute atomic E-state index is 0.105. The molecule has 3 rings (SSSR count). The lowest BCUT2D eigenvalue weighted by Crippen LogP contribution is -2.30. The number of imidazole rings is 1. The highest BCUT2D eigenvalue weighted by Crippen LogP contribution is 2.26. The van der Waals surface area contributed by atoms with Crippen molar-refractivity contribution in [3.8, 4) is 0 Å². The first-order valence-corrected chi connectivity index (χ1v) is 5.17. The van der Waals surface area contributed by atoms with Crippen molar-refractivity contribution in [2.24, 2.45) is 0 Å². The van der Waals surface area contributed by atoms with Crippen LogP contribution in [0.1, 0.15) is 29.0 Å². The second-order valence-electron chi connectivity index (χ2n) is 3.84. The molecule has 0 fully saturated rings. The number of hydrogen-bond donors (Lipinski definition) is 2. The van der Waals surface area contributed by atoms with Crippen LogP contribution in [0.3, 0.4) is 0 Å². The summed E-state index contributed by atoms with van der Waals surface area (Å²) < 4.78 is 5.42. The first-order chi connectivity index (χ1) is 7.34. The number of fused-ring (bicyclic) bond motifs is 1. The number of rotatable bonds is 1. The fraction of sp³-hybridized carbons (Fsp3) is 0.364. The highest BCUT2D eigenvalue weighted by Gasteiger charge is 2.26. The van der Waals surface area contributed by atoms with Crippen molar-refractivity contribution in [2.75, 3.05) is 6.54 Å². The zero-order valence-electron chi connectivity index (χ0n) is 8.58. The van der Waals surface area contributed by atoms with Crippen LogP contribution in [-0.2, 0) is 6.42 Å². The van der Waals surface area contributed by atoms with Crippen LogP contribution in [-0.4, -0.2) is 16.5 Å². The van der Waals surface area contributed by atoms with Gasteiger partial charge in [0.15, 0.2) is 0 Å². The molecule has 1 aliphatic heterocycles. The number of aryl methyl sites for hydroxylation is 1. The third-order valence-corrected chi connectivity index (χ3v) is 2.75. The summed E-state index contributed by atoms with van der Waals surface area (Å²) in [6.45, 7) is 2.94. The van der Waals surface area contributed by atoms with E-state index in [-0.39, 0.29) is 6.04 Å². The molecule has 2 N–H and O–H groups in total. The van der Waals surface area contributed by atoms with Gasteiger partial charge in [-0.3, -0.25) is 0 Å². The number of aromatic amines is 1. The maximum absolute atomic E-state index is 5.42. The van der Waals surface area contributed by atoms with Crippen LogP contribution < -0.4 is 5.32 Å². The third kappa shape index (κ3) is 1.37. The maximum Gasteiger partial charge on any atom is 0.126 e. The van der Waals surface area contributed by atoms with Gasteiger partial charge in [-0.2, -0.15) is 0 Å². The average molecular weight is 203 g/mol. The molecule has 0 spiro atoms. The van der Waals surface area contributed by atoms with Crippen molar-refractivity contribution < 1.29 is 4.42 Å². The van der Waals surface area contributed by atoms with Gasteiger partial charge in [0.1, 0.15) is 17.6 Å². The summed E-state index contributed by atoms with van der Waals surface area (Å²) in [5.74, 6) is 1.91. The summed E-state index contributed by atoms with van der Waals surface area (Å²) in [5, 5.41) is 3.41. The summed E-state index contributed by atoms with van der Waals surface area (Å²) in [7, 11) is 0. The normalized spacial score (nSPS) is 20.2. The molecule has 0 saturated heterocycles. The Kier molecular flexibility index (Phi) is 1.89. The maximum atomic E-state index is 5.42. The minimum atomic E-state index is 0.105. The lowest BCUT2D eigenvalue weighted by Gasteiger charge is -2.20. The Hall–Kier alpha value is -1.55. The molecule has 15 heavy (non-hydrogen) atoms. The van der Waals surface area contributed by atoms with E-state index in [1.165, 1.54) is 5.69 Å². The summed E-state index contributed by atoms with van der Waals surface area (Å²) in [5.41, 5.74) is 2.31. The fourth-order valence-corrected chi connectivity index (χ4v) is 2.12. The Balaban J connectivity index is 2.06. The SMILES string of the molecule is Cc1nc2c([nH]1)CCNC2c1ccco1. The smallest absolute Gasteiger partial charge is 0.126 e. The van der Waals surface area contributed by atoms with E-state index in [4.69, 9.17) is 4.42 Å². The molecule has 0 bridgehead atoms. The van der Waals surface area contributed by atoms with Crippen LogP contribution in [0.2, 0.25) is 0 Å². The summed E-state index contributed by atoms with van der Waals surface area (Å²) >= 11 is 0. The number of furan rings is 1. The number of nitrogens with one attached hydrogen (secondary N) is 2. The molecular formula is C11H13N3O. The highest BCUT2D eigenvalue weighted by molar-refractivity contribution is 5.28. The zero-order chi connectivity index (χ0) is 10.3. The second kappa shape index (κ2) is 3.24. The van der Waals surface area contributed by atoms with Gasteiger partial charge in [-0.05, 0) is 19.1 Å². The summed E-state index contributed by atoms with van der Waals surface area (Å²) in [4.78, 5) is 7.81. The molecule has 1 aliphatic rings. The molecule has 0 aliphatic carbocycles. The number of nitrogens with zero attached hydrogens (tertiary/aromatic N) is 1. The monoisotopic (exact) mass is 203 g/mol. The van der Waals surface area contributed by atoms with Crippen LogP contribution in [0.5, 0.6) is 0 Å². The molecule has 0 saturated carbocycles. The first-order valence-electron chi connectivity index (χ1n) is 5.17. The van der Waals surface area contributed by atoms with Crippen molar-refractivity contribution in [3.05, 3.63) is 41.4 Å². The van der Waals surface area contributed by atoms with Crippen molar-refractivity contribution in [1.29, 1.82) is 0 Å². The largest absolute Gasteiger partial charge is 0.467 e. The quantitative estimate of drug-likeness (QED) is 0.739. The van der Waals surface area contributed by atoms with Gasteiger partial charge in [0, 0.05) is 18.7 Å². The minimum Gasteiger partial charge on any atom is -0.467 e. The van der Waals surface area contributed by atoms with Gasteiger partial charge in [-0.15, -0.1) is 0 Å². The predicted octanol–water partition coefficient (Wildman–Crippen LogP) is 1.55. The van der Waals surface area contributed by atoms with Gasteiger partial charge < -0.3 is 14.7 Å². The molecule has 78 valence electrons. The molecule has 1 unspecified atom stereocenters. The van der Waals surface area contributed by atoms with Crippen LogP contribution >= 0.6 is 0 Å². The molecular weight excluding hydrogens is 190 g/mol. The van der Waals surface area contributed by atoms with Gasteiger partial charge in [0.2, 0.25) is 0 Å². The van der Waals surface area contributed by atoms with Crippen LogP contribution in [0.15, 0.2) is 22.8 Å². The molecule has 0 aromatic carbocycles. The number of aromatic nitrogens is 2. The lowest BCUT2D eigenvalue weighted by atomic mass is 10.0. The molecule has 0 amide bonds. The van der Waals surface area contributed by atoms with Crippen LogP contribution in [0.25, 0.3) is 0 Å². The van der Waals surface area contributed by atoms with Crippen LogP contribution in [0, 0.1) is 6.92 Å². The molecule has 1 atom stereocenters. The van der Waals surface area contributed by atoms with E-state index >= 15 is 0 Å². The Bertz CT molecular complexity index is 458. The molecule has 4 heteroatoms. The number of hydrogen-bond acceptors (Lipinski definition) is 3. The van der Waals surface area contributed by atoms with Gasteiger partial charge in [0.05, 0.1) is 12.0 Å². The predicted molar refractivity (Wildman–Crippen MR) is 55.6 cm³/mol. The van der Waals surface area contributed by atoms with Crippen LogP contribution in [0.4, 0.5) is 0 Å². The van der Waals surface area contributed by atoms with Crippen molar-refractivity contribution >= 4 is 0 Å². The Morgan fingerprint density at radius 2 is 2.47 bits per heavy atom. The highest BCUT2D eigenvalue weighted by atomic mass is 16.3. The van der Waals surface area contributed by atoms with Gasteiger partial charge in [-0.25, -0.2) is 4.98 Å². The van der Waals surface area contributed by atoms with E-state index in [0.29, 0.717) is 0 Å². The van der Waals surface area contributed by atoms with E-state index in [1.54, 1.807) is 6.26 Å². The average Bonchev–Trinajstić information content (AvgIpc) is 2.82. The fourth-order valence-electron chi connectivity index (χ4n) is 2.12. The van der Waals surface area contributed by atoms with Crippen molar-refractivity contribution in [2.45, 2.75) is 19.4 Å². The lowest BCUT2D eigenvalue weighted by molar-refractivity contribution is 0.430. The Morgan fingerprint density at radius 1 is 1.53 bits per heavy atom. The Morgan fingerprint density at radius 3 is 3.27 bits per heavy atom. The topological polar surface area (TPSA) is 53.9 Å². The van der Waals surface area contributed by atoms with Gasteiger partial charge >= 0.3 is 0 Å². The van der Waals surface area contributed by atoms with Gasteiger partial charge in [-0.1, -0.05) is 0 Å². The molecule has 2 aromatic rings. The molecule has 2 aromatic heterocycles. The zero-order valence-corrected chi connectivity index (χ0v) is 8.58. The van der Waals surface area contributed by atoms with E-state index < -0.39 is 0 Å². The molecule has 3 heterocycles. The first kappa shape index (κ1) is 8.73. The summed E-state index contributed by atoms with van der Waals surface area (Å²) in [6.07, 6.45) is 2.71. The van der Waals surface area contributed by atoms with E-state index in [1.807, 2.05) is 19.1 Å². The Labute approximate surface area is 87.7 Å². The van der Waals surface area contributed by atoms with E-state index in [0.717, 1.165) is 30.2 Å². The molecule has 4 nitrogen and oxygen atoms in total. The van der Waals surface area contributed by atoms with Crippen molar-refractivity contribution in [3.63, 3.8) is 0 Å². The second-order valence-corrected chi connectivity index (χ2v) is 3.84. The van der Waals surface area contributed by atoms with E-state index in [9.17, 15) is 0 Å². The third-order valence-electron chi connectivity index (χ3n) is 2.75. The number of H-pyrrole nitrogens is 1. The van der Waals surface area contributed by atoms with Gasteiger partial charge in [0.25, 0.3) is 0 Å². The summed E-state index contributed by atoms with van der Waals surface area (Å²) in [6, 6.07) is 4.00. The standard InChI is InChI=1S/C11H13N3O/c1-7-13-8-4-5-12-11(10(8)14-7)9-3-2-6-15-9/h2-3,6,11-12H,4-5H2,1H3,(H,13,14). The van der Waals surface area contributed by atoms with Crippen molar-refractivity contribution in [1.82, 2.24) is 15.3 Å². The van der Waals surface area contributed by atoms with E-state index in [2.05, 4.69) is 15.3 Å². The molecule has 0 radical (unpaired) electrons.